The van der Waals surface area contributed by atoms with Crippen LogP contribution in [0.2, 0.25) is 0 Å². The highest BCUT2D eigenvalue weighted by Crippen LogP contribution is 2.37. The number of allylic oxidation sites excluding steroid dienone is 5. The van der Waals surface area contributed by atoms with E-state index in [9.17, 15) is 9.59 Å². The SMILES string of the molecule is CC(=O)NOC/C=C(/C=C\C=C(/C)n1c(=O)[nH]n1C)C1CC1. The maximum absolute atomic E-state index is 11.4. The molecule has 0 spiro atoms. The molecule has 1 aromatic rings. The van der Waals surface area contributed by atoms with Gasteiger partial charge in [0, 0.05) is 19.7 Å². The Kier molecular flexibility index (Phi) is 5.21. The maximum Gasteiger partial charge on any atom is 0.361 e. The van der Waals surface area contributed by atoms with Crippen molar-refractivity contribution in [2.24, 2.45) is 13.0 Å². The van der Waals surface area contributed by atoms with E-state index in [2.05, 4.69) is 10.6 Å². The fraction of sp³-hybridized carbons (Fsp3) is 0.467. The highest BCUT2D eigenvalue weighted by molar-refractivity contribution is 5.71. The van der Waals surface area contributed by atoms with Gasteiger partial charge in [0.2, 0.25) is 5.91 Å². The monoisotopic (exact) mass is 306 g/mol. The average molecular weight is 306 g/mol. The molecule has 120 valence electrons. The molecule has 0 saturated heterocycles. The number of aromatic nitrogens is 3. The number of amides is 1. The Morgan fingerprint density at radius 1 is 1.45 bits per heavy atom. The number of aryl methyl sites for hydroxylation is 1. The molecule has 1 saturated carbocycles. The van der Waals surface area contributed by atoms with Crippen molar-refractivity contribution in [2.75, 3.05) is 6.61 Å². The van der Waals surface area contributed by atoms with Gasteiger partial charge in [-0.15, -0.1) is 0 Å². The molecule has 7 heteroatoms. The van der Waals surface area contributed by atoms with Crippen molar-refractivity contribution in [2.45, 2.75) is 26.7 Å². The first kappa shape index (κ1) is 16.1. The van der Waals surface area contributed by atoms with Gasteiger partial charge in [-0.25, -0.2) is 20.2 Å². The number of rotatable bonds is 7. The van der Waals surface area contributed by atoms with Crippen LogP contribution in [0, 0.1) is 5.92 Å². The average Bonchev–Trinajstić information content (AvgIpc) is 3.25. The van der Waals surface area contributed by atoms with Crippen LogP contribution >= 0.6 is 0 Å². The van der Waals surface area contributed by atoms with Crippen LogP contribution < -0.4 is 11.2 Å². The van der Waals surface area contributed by atoms with Crippen molar-refractivity contribution >= 4 is 11.6 Å². The van der Waals surface area contributed by atoms with Gasteiger partial charge in [0.15, 0.2) is 0 Å². The molecule has 7 nitrogen and oxygen atoms in total. The summed E-state index contributed by atoms with van der Waals surface area (Å²) in [7, 11) is 1.78. The molecule has 2 N–H and O–H groups in total. The minimum absolute atomic E-state index is 0.133. The van der Waals surface area contributed by atoms with Crippen molar-refractivity contribution < 1.29 is 9.63 Å². The molecule has 0 aromatic carbocycles. The van der Waals surface area contributed by atoms with Gasteiger partial charge in [-0.05, 0) is 37.3 Å². The van der Waals surface area contributed by atoms with Crippen molar-refractivity contribution in [3.8, 4) is 0 Å². The molecule has 1 aliphatic carbocycles. The highest BCUT2D eigenvalue weighted by Gasteiger charge is 2.23. The lowest BCUT2D eigenvalue weighted by Crippen LogP contribution is -2.39. The first-order chi connectivity index (χ1) is 10.5. The van der Waals surface area contributed by atoms with E-state index < -0.39 is 0 Å². The predicted molar refractivity (Wildman–Crippen MR) is 83.7 cm³/mol. The predicted octanol–water partition coefficient (Wildman–Crippen LogP) is 1.34. The Morgan fingerprint density at radius 2 is 2.18 bits per heavy atom. The van der Waals surface area contributed by atoms with Crippen LogP contribution in [0.4, 0.5) is 0 Å². The molecular weight excluding hydrogens is 284 g/mol. The molecule has 0 radical (unpaired) electrons. The number of hydroxylamine groups is 1. The number of hydrogen-bond acceptors (Lipinski definition) is 3. The van der Waals surface area contributed by atoms with E-state index in [4.69, 9.17) is 4.84 Å². The van der Waals surface area contributed by atoms with Crippen LogP contribution in [-0.2, 0) is 16.7 Å². The summed E-state index contributed by atoms with van der Waals surface area (Å²) in [5.41, 5.74) is 4.20. The summed E-state index contributed by atoms with van der Waals surface area (Å²) in [5, 5.41) is 2.60. The number of nitrogens with one attached hydrogen (secondary N) is 2. The van der Waals surface area contributed by atoms with Crippen LogP contribution in [0.5, 0.6) is 0 Å². The van der Waals surface area contributed by atoms with Gasteiger partial charge in [-0.1, -0.05) is 18.2 Å². The Balaban J connectivity index is 1.95. The molecule has 1 fully saturated rings. The molecular formula is C15H22N4O3. The number of carbonyl (C=O) groups is 1. The number of H-pyrrole nitrogens is 1. The Hall–Kier alpha value is -2.28. The molecule has 1 heterocycles. The quantitative estimate of drug-likeness (QED) is 0.453. The largest absolute Gasteiger partial charge is 0.361 e. The van der Waals surface area contributed by atoms with E-state index in [-0.39, 0.29) is 11.6 Å². The fourth-order valence-electron chi connectivity index (χ4n) is 2.16. The summed E-state index contributed by atoms with van der Waals surface area (Å²) >= 11 is 0. The fourth-order valence-corrected chi connectivity index (χ4v) is 2.16. The second-order valence-corrected chi connectivity index (χ2v) is 5.37. The smallest absolute Gasteiger partial charge is 0.273 e. The Morgan fingerprint density at radius 3 is 2.73 bits per heavy atom. The van der Waals surface area contributed by atoms with E-state index >= 15 is 0 Å². The molecule has 1 aromatic heterocycles. The molecule has 0 unspecified atom stereocenters. The van der Waals surface area contributed by atoms with Gasteiger partial charge in [-0.3, -0.25) is 9.63 Å². The van der Waals surface area contributed by atoms with Gasteiger partial charge in [0.25, 0.3) is 0 Å². The molecule has 1 amide bonds. The first-order valence-electron chi connectivity index (χ1n) is 7.27. The summed E-state index contributed by atoms with van der Waals surface area (Å²) in [6, 6.07) is 0. The third-order valence-electron chi connectivity index (χ3n) is 3.38. The van der Waals surface area contributed by atoms with Gasteiger partial charge >= 0.3 is 5.69 Å². The van der Waals surface area contributed by atoms with Crippen LogP contribution in [0.25, 0.3) is 5.70 Å². The maximum atomic E-state index is 11.4. The van der Waals surface area contributed by atoms with E-state index in [1.165, 1.54) is 25.3 Å². The normalized spacial score (nSPS) is 16.5. The molecule has 22 heavy (non-hydrogen) atoms. The van der Waals surface area contributed by atoms with Crippen LogP contribution in [0.3, 0.4) is 0 Å². The van der Waals surface area contributed by atoms with E-state index in [1.807, 2.05) is 31.2 Å². The van der Waals surface area contributed by atoms with Crippen molar-refractivity contribution in [3.05, 3.63) is 40.4 Å². The van der Waals surface area contributed by atoms with Crippen molar-refractivity contribution in [1.82, 2.24) is 20.1 Å². The zero-order chi connectivity index (χ0) is 16.1. The van der Waals surface area contributed by atoms with Gasteiger partial charge < -0.3 is 0 Å². The lowest BCUT2D eigenvalue weighted by molar-refractivity contribution is -0.130. The zero-order valence-electron chi connectivity index (χ0n) is 13.1. The van der Waals surface area contributed by atoms with E-state index in [0.29, 0.717) is 12.5 Å². The summed E-state index contributed by atoms with van der Waals surface area (Å²) in [6.45, 7) is 3.62. The summed E-state index contributed by atoms with van der Waals surface area (Å²) in [5.74, 6) is 0.355. The van der Waals surface area contributed by atoms with Crippen LogP contribution in [0.15, 0.2) is 34.7 Å². The Labute approximate surface area is 128 Å². The number of nitrogens with zero attached hydrogens (tertiary/aromatic N) is 2. The molecule has 1 aliphatic rings. The second kappa shape index (κ2) is 7.13. The highest BCUT2D eigenvalue weighted by atomic mass is 16.6. The zero-order valence-corrected chi connectivity index (χ0v) is 13.1. The lowest BCUT2D eigenvalue weighted by atomic mass is 10.1. The van der Waals surface area contributed by atoms with Crippen LogP contribution in [0.1, 0.15) is 26.7 Å². The van der Waals surface area contributed by atoms with Crippen LogP contribution in [-0.4, -0.2) is 27.1 Å². The first-order valence-corrected chi connectivity index (χ1v) is 7.27. The standard InChI is InChI=1S/C15H22N4O3/c1-11(19-15(21)16-18(19)3)5-4-6-13(14-7-8-14)9-10-22-17-12(2)20/h4-6,9,14H,7-8,10H2,1-3H3,(H,16,21)(H,17,20)/b6-4-,11-5+,13-9-. The van der Waals surface area contributed by atoms with Crippen molar-refractivity contribution in [1.29, 1.82) is 0 Å². The molecule has 2 rings (SSSR count). The van der Waals surface area contributed by atoms with Gasteiger partial charge in [-0.2, -0.15) is 4.68 Å². The Bertz CT molecular complexity index is 668. The third-order valence-corrected chi connectivity index (χ3v) is 3.38. The summed E-state index contributed by atoms with van der Waals surface area (Å²) in [6.07, 6.45) is 10.2. The molecule has 0 aliphatic heterocycles. The van der Waals surface area contributed by atoms with Crippen molar-refractivity contribution in [3.63, 3.8) is 0 Å². The van der Waals surface area contributed by atoms with Gasteiger partial charge in [0.05, 0.1) is 6.61 Å². The third kappa shape index (κ3) is 4.36. The lowest BCUT2D eigenvalue weighted by Gasteiger charge is -2.14. The molecule has 0 atom stereocenters. The second-order valence-electron chi connectivity index (χ2n) is 5.37. The molecule has 0 bridgehead atoms. The number of carbonyl (C=O) groups excluding carboxylic acids is 1. The minimum Gasteiger partial charge on any atom is -0.273 e. The van der Waals surface area contributed by atoms with Gasteiger partial charge in [0.1, 0.15) is 0 Å². The number of aromatic amines is 1. The number of hydrogen-bond donors (Lipinski definition) is 2. The van der Waals surface area contributed by atoms with E-state index in [1.54, 1.807) is 16.5 Å². The minimum atomic E-state index is -0.215. The summed E-state index contributed by atoms with van der Waals surface area (Å²) in [4.78, 5) is 28.7. The van der Waals surface area contributed by atoms with E-state index in [0.717, 1.165) is 5.70 Å². The topological polar surface area (TPSA) is 81.1 Å². The summed E-state index contributed by atoms with van der Waals surface area (Å²) < 4.78 is 1.55.